The summed E-state index contributed by atoms with van der Waals surface area (Å²) in [7, 11) is 4.39. The van der Waals surface area contributed by atoms with Gasteiger partial charge in [-0.2, -0.15) is 0 Å². The van der Waals surface area contributed by atoms with Crippen LogP contribution in [0, 0.1) is 5.92 Å². The van der Waals surface area contributed by atoms with Gasteiger partial charge in [-0.05, 0) is 44.2 Å². The van der Waals surface area contributed by atoms with Crippen LogP contribution in [0.3, 0.4) is 0 Å². The van der Waals surface area contributed by atoms with E-state index >= 15 is 0 Å². The van der Waals surface area contributed by atoms with E-state index in [0.29, 0.717) is 18.0 Å². The summed E-state index contributed by atoms with van der Waals surface area (Å²) < 4.78 is 0. The summed E-state index contributed by atoms with van der Waals surface area (Å²) in [4.78, 5) is 4.94. The molecule has 0 spiro atoms. The van der Waals surface area contributed by atoms with Crippen molar-refractivity contribution in [2.45, 2.75) is 32.9 Å². The lowest BCUT2D eigenvalue weighted by atomic mass is 9.83. The summed E-state index contributed by atoms with van der Waals surface area (Å²) in [6, 6.07) is 22.7. The maximum atomic E-state index is 2.58. The summed E-state index contributed by atoms with van der Waals surface area (Å²) in [6.45, 7) is 9.05. The summed E-state index contributed by atoms with van der Waals surface area (Å²) in [5.74, 6) is 0.477. The molecule has 3 unspecified atom stereocenters. The molecule has 130 valence electrons. The molecule has 0 amide bonds. The van der Waals surface area contributed by atoms with E-state index in [-0.39, 0.29) is 0 Å². The van der Waals surface area contributed by atoms with E-state index in [9.17, 15) is 0 Å². The molecule has 0 bridgehead atoms. The molecule has 0 fully saturated rings. The predicted molar refractivity (Wildman–Crippen MR) is 104 cm³/mol. The molecule has 2 aromatic rings. The van der Waals surface area contributed by atoms with Crippen LogP contribution in [0.5, 0.6) is 0 Å². The molecule has 0 heterocycles. The second kappa shape index (κ2) is 9.00. The molecule has 0 radical (unpaired) electrons. The lowest BCUT2D eigenvalue weighted by Crippen LogP contribution is -2.38. The van der Waals surface area contributed by atoms with Gasteiger partial charge >= 0.3 is 0 Å². The summed E-state index contributed by atoms with van der Waals surface area (Å²) in [5.41, 5.74) is 2.81. The molecule has 3 atom stereocenters. The highest BCUT2D eigenvalue weighted by Crippen LogP contribution is 2.39. The Morgan fingerprint density at radius 3 is 1.50 bits per heavy atom. The summed E-state index contributed by atoms with van der Waals surface area (Å²) in [6.07, 6.45) is 0. The topological polar surface area (TPSA) is 6.48 Å². The Hall–Kier alpha value is -1.64. The van der Waals surface area contributed by atoms with Crippen LogP contribution in [0.15, 0.2) is 60.7 Å². The van der Waals surface area contributed by atoms with Gasteiger partial charge < -0.3 is 4.90 Å². The Kier molecular flexibility index (Phi) is 7.01. The van der Waals surface area contributed by atoms with E-state index in [0.717, 1.165) is 13.1 Å². The molecule has 0 N–H and O–H groups in total. The molecule has 0 saturated heterocycles. The SMILES string of the molecule is CCN(CC)C(c1ccccc1)C(C)C(c1ccccc1)N(C)C. The highest BCUT2D eigenvalue weighted by Gasteiger charge is 2.32. The molecular formula is C22H32N2. The van der Waals surface area contributed by atoms with Crippen molar-refractivity contribution < 1.29 is 0 Å². The van der Waals surface area contributed by atoms with Crippen molar-refractivity contribution in [1.82, 2.24) is 9.80 Å². The van der Waals surface area contributed by atoms with Gasteiger partial charge in [0, 0.05) is 12.1 Å². The number of benzene rings is 2. The minimum atomic E-state index is 0.386. The molecule has 2 aromatic carbocycles. The minimum Gasteiger partial charge on any atom is -0.302 e. The minimum absolute atomic E-state index is 0.386. The molecule has 24 heavy (non-hydrogen) atoms. The maximum Gasteiger partial charge on any atom is 0.0391 e. The fraction of sp³-hybridized carbons (Fsp3) is 0.455. The first kappa shape index (κ1) is 18.7. The van der Waals surface area contributed by atoms with E-state index in [1.54, 1.807) is 0 Å². The fourth-order valence-electron chi connectivity index (χ4n) is 4.01. The monoisotopic (exact) mass is 324 g/mol. The van der Waals surface area contributed by atoms with Gasteiger partial charge in [-0.15, -0.1) is 0 Å². The van der Waals surface area contributed by atoms with E-state index in [1.165, 1.54) is 11.1 Å². The predicted octanol–water partition coefficient (Wildman–Crippen LogP) is 5.01. The summed E-state index contributed by atoms with van der Waals surface area (Å²) in [5, 5.41) is 0. The van der Waals surface area contributed by atoms with Crippen molar-refractivity contribution in [2.75, 3.05) is 27.2 Å². The first-order valence-corrected chi connectivity index (χ1v) is 9.10. The molecule has 2 nitrogen and oxygen atoms in total. The van der Waals surface area contributed by atoms with Gasteiger partial charge in [-0.3, -0.25) is 4.90 Å². The maximum absolute atomic E-state index is 2.58. The third-order valence-corrected chi connectivity index (χ3v) is 5.04. The average Bonchev–Trinajstić information content (AvgIpc) is 2.61. The number of nitrogens with zero attached hydrogens (tertiary/aromatic N) is 2. The Morgan fingerprint density at radius 1 is 0.708 bits per heavy atom. The van der Waals surface area contributed by atoms with Crippen molar-refractivity contribution in [3.05, 3.63) is 71.8 Å². The van der Waals surface area contributed by atoms with Crippen molar-refractivity contribution >= 4 is 0 Å². The molecule has 2 rings (SSSR count). The smallest absolute Gasteiger partial charge is 0.0391 e. The third-order valence-electron chi connectivity index (χ3n) is 5.04. The van der Waals surface area contributed by atoms with Gasteiger partial charge in [0.25, 0.3) is 0 Å². The summed E-state index contributed by atoms with van der Waals surface area (Å²) >= 11 is 0. The first-order chi connectivity index (χ1) is 11.6. The van der Waals surface area contributed by atoms with Gasteiger partial charge in [0.1, 0.15) is 0 Å². The van der Waals surface area contributed by atoms with Crippen LogP contribution in [0.25, 0.3) is 0 Å². The zero-order chi connectivity index (χ0) is 17.5. The Balaban J connectivity index is 2.43. The molecular weight excluding hydrogens is 292 g/mol. The van der Waals surface area contributed by atoms with Gasteiger partial charge in [0.05, 0.1) is 0 Å². The zero-order valence-corrected chi connectivity index (χ0v) is 15.8. The molecule has 0 saturated carbocycles. The standard InChI is InChI=1S/C22H32N2/c1-6-24(7-2)22(20-16-12-9-13-17-20)18(3)21(23(4)5)19-14-10-8-11-15-19/h8-18,21-22H,6-7H2,1-5H3. The van der Waals surface area contributed by atoms with Crippen LogP contribution < -0.4 is 0 Å². The Morgan fingerprint density at radius 2 is 1.12 bits per heavy atom. The largest absolute Gasteiger partial charge is 0.302 e. The van der Waals surface area contributed by atoms with E-state index in [2.05, 4.69) is 105 Å². The third kappa shape index (κ3) is 4.25. The van der Waals surface area contributed by atoms with Gasteiger partial charge in [-0.25, -0.2) is 0 Å². The normalized spacial score (nSPS) is 15.5. The van der Waals surface area contributed by atoms with E-state index in [1.807, 2.05) is 0 Å². The van der Waals surface area contributed by atoms with Crippen LogP contribution >= 0.6 is 0 Å². The average molecular weight is 325 g/mol. The van der Waals surface area contributed by atoms with Gasteiger partial charge in [0.2, 0.25) is 0 Å². The van der Waals surface area contributed by atoms with Crippen molar-refractivity contribution in [1.29, 1.82) is 0 Å². The number of hydrogen-bond acceptors (Lipinski definition) is 2. The number of hydrogen-bond donors (Lipinski definition) is 0. The zero-order valence-electron chi connectivity index (χ0n) is 15.8. The molecule has 0 aromatic heterocycles. The highest BCUT2D eigenvalue weighted by atomic mass is 15.2. The Labute approximate surface area is 148 Å². The second-order valence-corrected chi connectivity index (χ2v) is 6.75. The quantitative estimate of drug-likeness (QED) is 0.673. The highest BCUT2D eigenvalue weighted by molar-refractivity contribution is 5.24. The lowest BCUT2D eigenvalue weighted by Gasteiger charge is -2.41. The van der Waals surface area contributed by atoms with Crippen molar-refractivity contribution in [3.63, 3.8) is 0 Å². The molecule has 0 aliphatic heterocycles. The van der Waals surface area contributed by atoms with Crippen LogP contribution in [-0.4, -0.2) is 37.0 Å². The van der Waals surface area contributed by atoms with Crippen LogP contribution in [0.2, 0.25) is 0 Å². The van der Waals surface area contributed by atoms with Gasteiger partial charge in [-0.1, -0.05) is 81.4 Å². The second-order valence-electron chi connectivity index (χ2n) is 6.75. The Bertz CT molecular complexity index is 575. The molecule has 0 aliphatic carbocycles. The molecule has 0 aliphatic rings. The van der Waals surface area contributed by atoms with Crippen molar-refractivity contribution in [3.8, 4) is 0 Å². The van der Waals surface area contributed by atoms with Gasteiger partial charge in [0.15, 0.2) is 0 Å². The van der Waals surface area contributed by atoms with Crippen LogP contribution in [0.1, 0.15) is 44.0 Å². The van der Waals surface area contributed by atoms with Crippen molar-refractivity contribution in [2.24, 2.45) is 5.92 Å². The van der Waals surface area contributed by atoms with E-state index < -0.39 is 0 Å². The molecule has 2 heteroatoms. The lowest BCUT2D eigenvalue weighted by molar-refractivity contribution is 0.1000. The first-order valence-electron chi connectivity index (χ1n) is 9.10. The fourth-order valence-corrected chi connectivity index (χ4v) is 4.01. The number of rotatable bonds is 8. The van der Waals surface area contributed by atoms with Crippen LogP contribution in [0.4, 0.5) is 0 Å². The van der Waals surface area contributed by atoms with Crippen LogP contribution in [-0.2, 0) is 0 Å². The van der Waals surface area contributed by atoms with E-state index in [4.69, 9.17) is 0 Å².